The summed E-state index contributed by atoms with van der Waals surface area (Å²) in [6, 6.07) is 10.7. The van der Waals surface area contributed by atoms with Gasteiger partial charge in [-0.3, -0.25) is 9.59 Å². The number of carbonyl (C=O) groups excluding carboxylic acids is 1. The van der Waals surface area contributed by atoms with Gasteiger partial charge < -0.3 is 10.1 Å². The van der Waals surface area contributed by atoms with Crippen LogP contribution in [0, 0.1) is 6.92 Å². The Bertz CT molecular complexity index is 1080. The van der Waals surface area contributed by atoms with E-state index in [1.165, 1.54) is 6.07 Å². The highest BCUT2D eigenvalue weighted by Crippen LogP contribution is 2.43. The Labute approximate surface area is 161 Å². The van der Waals surface area contributed by atoms with E-state index in [9.17, 15) is 9.59 Å². The highest BCUT2D eigenvalue weighted by Gasteiger charge is 2.34. The smallest absolute Gasteiger partial charge is 0.264 e. The lowest BCUT2D eigenvalue weighted by Crippen LogP contribution is -2.25. The first kappa shape index (κ1) is 18.0. The van der Waals surface area contributed by atoms with Crippen molar-refractivity contribution >= 4 is 11.7 Å². The molecule has 28 heavy (non-hydrogen) atoms. The molecule has 1 aliphatic heterocycles. The molecule has 0 fully saturated rings. The van der Waals surface area contributed by atoms with Crippen molar-refractivity contribution in [3.63, 3.8) is 0 Å². The number of para-hydroxylation sites is 1. The molecular formula is C20H21N5O3. The van der Waals surface area contributed by atoms with E-state index in [0.717, 1.165) is 22.6 Å². The van der Waals surface area contributed by atoms with Gasteiger partial charge in [0.25, 0.3) is 5.56 Å². The fourth-order valence-electron chi connectivity index (χ4n) is 3.56. The fourth-order valence-corrected chi connectivity index (χ4v) is 3.56. The van der Waals surface area contributed by atoms with Crippen LogP contribution >= 0.6 is 0 Å². The quantitative estimate of drug-likeness (QED) is 0.725. The number of hydrogen-bond acceptors (Lipinski definition) is 5. The topological polar surface area (TPSA) is 102 Å². The van der Waals surface area contributed by atoms with Gasteiger partial charge in [-0.05, 0) is 32.9 Å². The van der Waals surface area contributed by atoms with Crippen LogP contribution in [0.1, 0.15) is 43.0 Å². The monoisotopic (exact) mass is 379 g/mol. The Morgan fingerprint density at radius 2 is 1.96 bits per heavy atom. The molecule has 0 aliphatic carbocycles. The number of nitrogens with zero attached hydrogens (tertiary/aromatic N) is 3. The normalized spacial score (nSPS) is 16.0. The number of aromatic amines is 1. The molecule has 0 saturated carbocycles. The molecule has 1 unspecified atom stereocenters. The number of carbonyl (C=O) groups is 1. The van der Waals surface area contributed by atoms with Crippen LogP contribution in [0.2, 0.25) is 0 Å². The first-order valence-corrected chi connectivity index (χ1v) is 9.15. The van der Waals surface area contributed by atoms with Crippen molar-refractivity contribution in [1.29, 1.82) is 0 Å². The molecule has 3 aromatic rings. The second kappa shape index (κ2) is 6.95. The van der Waals surface area contributed by atoms with Crippen LogP contribution in [0.5, 0.6) is 5.75 Å². The van der Waals surface area contributed by atoms with Crippen molar-refractivity contribution in [3.8, 4) is 11.6 Å². The number of aryl methyl sites for hydroxylation is 1. The van der Waals surface area contributed by atoms with E-state index in [1.807, 2.05) is 45.0 Å². The highest BCUT2D eigenvalue weighted by atomic mass is 16.5. The van der Waals surface area contributed by atoms with Crippen molar-refractivity contribution in [2.75, 3.05) is 5.32 Å². The fraction of sp³-hybridized carbons (Fsp3) is 0.300. The summed E-state index contributed by atoms with van der Waals surface area (Å²) in [6.07, 6.45) is 0.323. The largest absolute Gasteiger partial charge is 0.491 e. The van der Waals surface area contributed by atoms with Gasteiger partial charge in [-0.25, -0.2) is 5.10 Å². The summed E-state index contributed by atoms with van der Waals surface area (Å²) in [5.74, 6) is 1.46. The van der Waals surface area contributed by atoms with Gasteiger partial charge in [-0.1, -0.05) is 18.2 Å². The van der Waals surface area contributed by atoms with Gasteiger partial charge in [-0.2, -0.15) is 14.9 Å². The van der Waals surface area contributed by atoms with Gasteiger partial charge in [0.05, 0.1) is 11.8 Å². The molecule has 1 aromatic carbocycles. The van der Waals surface area contributed by atoms with Gasteiger partial charge in [0.15, 0.2) is 5.82 Å². The zero-order chi connectivity index (χ0) is 19.8. The second-order valence-corrected chi connectivity index (χ2v) is 7.05. The lowest BCUT2D eigenvalue weighted by Gasteiger charge is -2.26. The molecule has 3 heterocycles. The number of aromatic nitrogens is 4. The lowest BCUT2D eigenvalue weighted by molar-refractivity contribution is -0.116. The van der Waals surface area contributed by atoms with Gasteiger partial charge in [0.2, 0.25) is 5.91 Å². The predicted octanol–water partition coefficient (Wildman–Crippen LogP) is 2.53. The Kier molecular flexibility index (Phi) is 4.46. The van der Waals surface area contributed by atoms with Crippen molar-refractivity contribution in [2.45, 2.75) is 39.2 Å². The average molecular weight is 379 g/mol. The first-order chi connectivity index (χ1) is 13.4. The summed E-state index contributed by atoms with van der Waals surface area (Å²) >= 11 is 0. The zero-order valence-electron chi connectivity index (χ0n) is 15.9. The molecule has 0 bridgehead atoms. The molecule has 1 aliphatic rings. The molecule has 8 heteroatoms. The van der Waals surface area contributed by atoms with Gasteiger partial charge in [-0.15, -0.1) is 0 Å². The third-order valence-corrected chi connectivity index (χ3v) is 4.64. The van der Waals surface area contributed by atoms with E-state index >= 15 is 0 Å². The molecule has 2 aromatic heterocycles. The molecule has 144 valence electrons. The molecule has 0 saturated heterocycles. The average Bonchev–Trinajstić information content (AvgIpc) is 2.98. The molecule has 2 N–H and O–H groups in total. The lowest BCUT2D eigenvalue weighted by atomic mass is 9.85. The number of hydrogen-bond donors (Lipinski definition) is 2. The summed E-state index contributed by atoms with van der Waals surface area (Å²) in [5.41, 5.74) is 2.35. The SMILES string of the molecule is Cc1nn(-c2ccc(=O)[nH]n2)c2c1C(c1ccccc1OC(C)C)CC(=O)N2. The molecule has 8 nitrogen and oxygen atoms in total. The summed E-state index contributed by atoms with van der Waals surface area (Å²) in [4.78, 5) is 23.8. The van der Waals surface area contributed by atoms with Crippen LogP contribution in [-0.4, -0.2) is 32.0 Å². The zero-order valence-corrected chi connectivity index (χ0v) is 15.9. The predicted molar refractivity (Wildman–Crippen MR) is 104 cm³/mol. The highest BCUT2D eigenvalue weighted by molar-refractivity contribution is 5.95. The Balaban J connectivity index is 1.86. The summed E-state index contributed by atoms with van der Waals surface area (Å²) in [5, 5.41) is 13.9. The molecule has 4 rings (SSSR count). The number of anilines is 1. The minimum atomic E-state index is -0.303. The number of fused-ring (bicyclic) bond motifs is 1. The number of rotatable bonds is 4. The minimum Gasteiger partial charge on any atom is -0.491 e. The van der Waals surface area contributed by atoms with E-state index in [2.05, 4.69) is 20.6 Å². The molecule has 1 amide bonds. The van der Waals surface area contributed by atoms with Crippen LogP contribution in [0.15, 0.2) is 41.2 Å². The number of H-pyrrole nitrogens is 1. The summed E-state index contributed by atoms with van der Waals surface area (Å²) in [7, 11) is 0. The van der Waals surface area contributed by atoms with Crippen LogP contribution in [0.25, 0.3) is 5.82 Å². The van der Waals surface area contributed by atoms with Crippen molar-refractivity contribution in [3.05, 3.63) is 63.6 Å². The van der Waals surface area contributed by atoms with E-state index in [-0.39, 0.29) is 23.5 Å². The van der Waals surface area contributed by atoms with Gasteiger partial charge >= 0.3 is 0 Å². The third-order valence-electron chi connectivity index (χ3n) is 4.64. The van der Waals surface area contributed by atoms with E-state index in [4.69, 9.17) is 4.74 Å². The van der Waals surface area contributed by atoms with E-state index in [1.54, 1.807) is 10.7 Å². The van der Waals surface area contributed by atoms with Crippen LogP contribution in [0.3, 0.4) is 0 Å². The summed E-state index contributed by atoms with van der Waals surface area (Å²) in [6.45, 7) is 5.85. The number of benzene rings is 1. The van der Waals surface area contributed by atoms with E-state index < -0.39 is 0 Å². The maximum absolute atomic E-state index is 12.5. The molecule has 0 spiro atoms. The number of nitrogens with one attached hydrogen (secondary N) is 2. The third kappa shape index (κ3) is 3.17. The first-order valence-electron chi connectivity index (χ1n) is 9.15. The van der Waals surface area contributed by atoms with Crippen molar-refractivity contribution in [1.82, 2.24) is 20.0 Å². The van der Waals surface area contributed by atoms with Crippen molar-refractivity contribution < 1.29 is 9.53 Å². The Hall–Kier alpha value is -3.42. The Morgan fingerprint density at radius 1 is 1.18 bits per heavy atom. The maximum atomic E-state index is 12.5. The number of amides is 1. The molecular weight excluding hydrogens is 358 g/mol. The van der Waals surface area contributed by atoms with Crippen LogP contribution < -0.4 is 15.6 Å². The van der Waals surface area contributed by atoms with Crippen LogP contribution in [-0.2, 0) is 4.79 Å². The standard InChI is InChI=1S/C20H21N5O3/c1-11(2)28-15-7-5-4-6-13(15)14-10-18(27)21-20-19(14)12(3)24-25(20)16-8-9-17(26)23-22-16/h4-9,11,14H,10H2,1-3H3,(H,21,27)(H,23,26). The summed E-state index contributed by atoms with van der Waals surface area (Å²) < 4.78 is 7.53. The van der Waals surface area contributed by atoms with Gasteiger partial charge in [0, 0.05) is 29.5 Å². The van der Waals surface area contributed by atoms with E-state index in [0.29, 0.717) is 18.1 Å². The Morgan fingerprint density at radius 3 is 2.68 bits per heavy atom. The second-order valence-electron chi connectivity index (χ2n) is 7.05. The van der Waals surface area contributed by atoms with Crippen LogP contribution in [0.4, 0.5) is 5.82 Å². The minimum absolute atomic E-state index is 0.0206. The molecule has 1 atom stereocenters. The maximum Gasteiger partial charge on any atom is 0.264 e. The van der Waals surface area contributed by atoms with Crippen molar-refractivity contribution in [2.24, 2.45) is 0 Å². The number of ether oxygens (including phenoxy) is 1. The molecule has 0 radical (unpaired) electrons. The van der Waals surface area contributed by atoms with Gasteiger partial charge in [0.1, 0.15) is 11.6 Å².